The zero-order valence-corrected chi connectivity index (χ0v) is 14.2. The maximum atomic E-state index is 13.4. The summed E-state index contributed by atoms with van der Waals surface area (Å²) in [5.41, 5.74) is 0.213. The Balaban J connectivity index is 1.68. The molecule has 3 atom stereocenters. The maximum Gasteiger partial charge on any atom is 0.254 e. The van der Waals surface area contributed by atoms with Crippen molar-refractivity contribution < 1.29 is 18.3 Å². The highest BCUT2D eigenvalue weighted by Gasteiger charge is 2.33. The third-order valence-corrected chi connectivity index (χ3v) is 4.77. The van der Waals surface area contributed by atoms with Crippen molar-refractivity contribution in [2.45, 2.75) is 44.9 Å². The number of hydrogen-bond acceptors (Lipinski definition) is 3. The van der Waals surface area contributed by atoms with E-state index in [4.69, 9.17) is 4.74 Å². The van der Waals surface area contributed by atoms with Crippen molar-refractivity contribution in [1.82, 2.24) is 9.80 Å². The number of carbonyl (C=O) groups is 1. The fraction of sp³-hybridized carbons (Fsp3) is 0.611. The summed E-state index contributed by atoms with van der Waals surface area (Å²) in [5.74, 6) is -2.13. The second-order valence-electron chi connectivity index (χ2n) is 6.90. The first-order chi connectivity index (χ1) is 11.4. The summed E-state index contributed by atoms with van der Waals surface area (Å²) >= 11 is 0. The van der Waals surface area contributed by atoms with Crippen molar-refractivity contribution >= 4 is 5.91 Å². The standard InChI is InChI=1S/C18H24F2N2O2/c1-12-9-21(10-13(2)24-12)11-15-4-3-7-22(15)18(23)14-5-6-16(19)17(20)8-14/h5-6,8,12-13,15H,3-4,7,9-11H2,1-2H3/t12-,13+,15-/m0/s1. The van der Waals surface area contributed by atoms with Crippen molar-refractivity contribution in [3.8, 4) is 0 Å². The second-order valence-corrected chi connectivity index (χ2v) is 6.90. The highest BCUT2D eigenvalue weighted by atomic mass is 19.2. The van der Waals surface area contributed by atoms with Crippen molar-refractivity contribution in [2.75, 3.05) is 26.2 Å². The van der Waals surface area contributed by atoms with E-state index in [1.165, 1.54) is 6.07 Å². The van der Waals surface area contributed by atoms with Gasteiger partial charge in [0.2, 0.25) is 0 Å². The minimum absolute atomic E-state index is 0.114. The Morgan fingerprint density at radius 1 is 1.21 bits per heavy atom. The van der Waals surface area contributed by atoms with Crippen LogP contribution >= 0.6 is 0 Å². The lowest BCUT2D eigenvalue weighted by Crippen LogP contribution is -2.50. The lowest BCUT2D eigenvalue weighted by molar-refractivity contribution is -0.0715. The molecule has 0 spiro atoms. The van der Waals surface area contributed by atoms with Gasteiger partial charge in [0.15, 0.2) is 11.6 Å². The molecule has 0 aromatic heterocycles. The minimum Gasteiger partial charge on any atom is -0.373 e. The van der Waals surface area contributed by atoms with E-state index in [0.717, 1.165) is 44.6 Å². The van der Waals surface area contributed by atoms with Gasteiger partial charge in [-0.05, 0) is 44.9 Å². The predicted octanol–water partition coefficient (Wildman–Crippen LogP) is 2.68. The number of hydrogen-bond donors (Lipinski definition) is 0. The van der Waals surface area contributed by atoms with Crippen LogP contribution in [0.25, 0.3) is 0 Å². The molecule has 2 fully saturated rings. The van der Waals surface area contributed by atoms with Gasteiger partial charge in [0.25, 0.3) is 5.91 Å². The van der Waals surface area contributed by atoms with Gasteiger partial charge in [0, 0.05) is 37.8 Å². The molecule has 2 aliphatic heterocycles. The molecule has 4 nitrogen and oxygen atoms in total. The Kier molecular flexibility index (Phi) is 5.15. The number of likely N-dealkylation sites (tertiary alicyclic amines) is 1. The van der Waals surface area contributed by atoms with Gasteiger partial charge in [0.05, 0.1) is 12.2 Å². The van der Waals surface area contributed by atoms with Crippen LogP contribution in [0.5, 0.6) is 0 Å². The van der Waals surface area contributed by atoms with Crippen LogP contribution in [0, 0.1) is 11.6 Å². The summed E-state index contributed by atoms with van der Waals surface area (Å²) in [6.45, 7) is 7.29. The number of ether oxygens (including phenoxy) is 1. The molecular formula is C18H24F2N2O2. The summed E-state index contributed by atoms with van der Waals surface area (Å²) < 4.78 is 32.2. The van der Waals surface area contributed by atoms with Gasteiger partial charge in [-0.1, -0.05) is 0 Å². The normalized spacial score (nSPS) is 28.3. The van der Waals surface area contributed by atoms with Crippen molar-refractivity contribution in [1.29, 1.82) is 0 Å². The molecule has 2 heterocycles. The molecule has 1 aromatic rings. The first kappa shape index (κ1) is 17.3. The van der Waals surface area contributed by atoms with Crippen LogP contribution < -0.4 is 0 Å². The monoisotopic (exact) mass is 338 g/mol. The molecule has 0 radical (unpaired) electrons. The van der Waals surface area contributed by atoms with Crippen LogP contribution in [0.4, 0.5) is 8.78 Å². The lowest BCUT2D eigenvalue weighted by Gasteiger charge is -2.38. The van der Waals surface area contributed by atoms with E-state index in [2.05, 4.69) is 18.7 Å². The van der Waals surface area contributed by atoms with Crippen molar-refractivity contribution in [3.05, 3.63) is 35.4 Å². The molecular weight excluding hydrogens is 314 g/mol. The zero-order chi connectivity index (χ0) is 17.3. The summed E-state index contributed by atoms with van der Waals surface area (Å²) in [6, 6.07) is 3.48. The molecule has 2 aliphatic rings. The van der Waals surface area contributed by atoms with E-state index in [9.17, 15) is 13.6 Å². The third-order valence-electron chi connectivity index (χ3n) is 4.77. The fourth-order valence-electron chi connectivity index (χ4n) is 3.82. The van der Waals surface area contributed by atoms with Crippen molar-refractivity contribution in [3.63, 3.8) is 0 Å². The number of benzene rings is 1. The number of morpholine rings is 1. The zero-order valence-electron chi connectivity index (χ0n) is 14.2. The van der Waals surface area contributed by atoms with Gasteiger partial charge in [-0.3, -0.25) is 9.69 Å². The lowest BCUT2D eigenvalue weighted by atomic mass is 10.1. The number of carbonyl (C=O) groups excluding carboxylic acids is 1. The molecule has 2 saturated heterocycles. The van der Waals surface area contributed by atoms with E-state index in [0.29, 0.717) is 6.54 Å². The molecule has 6 heteroatoms. The van der Waals surface area contributed by atoms with E-state index in [1.807, 2.05) is 0 Å². The van der Waals surface area contributed by atoms with E-state index < -0.39 is 11.6 Å². The third kappa shape index (κ3) is 3.75. The number of amides is 1. The number of nitrogens with zero attached hydrogens (tertiary/aromatic N) is 2. The molecule has 0 saturated carbocycles. The van der Waals surface area contributed by atoms with Crippen LogP contribution in [0.2, 0.25) is 0 Å². The largest absolute Gasteiger partial charge is 0.373 e. The Hall–Kier alpha value is -1.53. The Bertz CT molecular complexity index is 601. The van der Waals surface area contributed by atoms with Gasteiger partial charge in [0.1, 0.15) is 0 Å². The SMILES string of the molecule is C[C@@H]1CN(C[C@@H]2CCCN2C(=O)c2ccc(F)c(F)c2)C[C@H](C)O1. The molecule has 1 amide bonds. The predicted molar refractivity (Wildman–Crippen MR) is 86.9 cm³/mol. The first-order valence-corrected chi connectivity index (χ1v) is 8.58. The topological polar surface area (TPSA) is 32.8 Å². The summed E-state index contributed by atoms with van der Waals surface area (Å²) in [4.78, 5) is 16.8. The number of rotatable bonds is 3. The minimum atomic E-state index is -0.979. The maximum absolute atomic E-state index is 13.4. The average molecular weight is 338 g/mol. The van der Waals surface area contributed by atoms with E-state index >= 15 is 0 Å². The highest BCUT2D eigenvalue weighted by Crippen LogP contribution is 2.23. The molecule has 0 unspecified atom stereocenters. The molecule has 24 heavy (non-hydrogen) atoms. The molecule has 0 aliphatic carbocycles. The van der Waals surface area contributed by atoms with E-state index in [-0.39, 0.29) is 29.7 Å². The van der Waals surface area contributed by atoms with Gasteiger partial charge < -0.3 is 9.64 Å². The molecule has 132 valence electrons. The molecule has 1 aromatic carbocycles. The summed E-state index contributed by atoms with van der Waals surface area (Å²) in [6.07, 6.45) is 2.25. The van der Waals surface area contributed by atoms with Gasteiger partial charge in [-0.2, -0.15) is 0 Å². The van der Waals surface area contributed by atoms with E-state index in [1.54, 1.807) is 4.90 Å². The molecule has 0 bridgehead atoms. The second kappa shape index (κ2) is 7.15. The Morgan fingerprint density at radius 2 is 1.92 bits per heavy atom. The molecule has 0 N–H and O–H groups in total. The van der Waals surface area contributed by atoms with Crippen LogP contribution in [0.3, 0.4) is 0 Å². The summed E-state index contributed by atoms with van der Waals surface area (Å²) in [7, 11) is 0. The quantitative estimate of drug-likeness (QED) is 0.849. The van der Waals surface area contributed by atoms with Crippen LogP contribution in [0.15, 0.2) is 18.2 Å². The highest BCUT2D eigenvalue weighted by molar-refractivity contribution is 5.94. The number of halogens is 2. The van der Waals surface area contributed by atoms with Gasteiger partial charge in [-0.15, -0.1) is 0 Å². The molecule has 3 rings (SSSR count). The smallest absolute Gasteiger partial charge is 0.254 e. The van der Waals surface area contributed by atoms with Gasteiger partial charge >= 0.3 is 0 Å². The van der Waals surface area contributed by atoms with Gasteiger partial charge in [-0.25, -0.2) is 8.78 Å². The van der Waals surface area contributed by atoms with Crippen LogP contribution in [-0.4, -0.2) is 60.1 Å². The van der Waals surface area contributed by atoms with Crippen LogP contribution in [0.1, 0.15) is 37.0 Å². The van der Waals surface area contributed by atoms with Crippen molar-refractivity contribution in [2.24, 2.45) is 0 Å². The fourth-order valence-corrected chi connectivity index (χ4v) is 3.82. The van der Waals surface area contributed by atoms with Crippen LogP contribution in [-0.2, 0) is 4.74 Å². The first-order valence-electron chi connectivity index (χ1n) is 8.58. The average Bonchev–Trinajstić information content (AvgIpc) is 2.96. The Labute approximate surface area is 141 Å². The summed E-state index contributed by atoms with van der Waals surface area (Å²) in [5, 5.41) is 0. The Morgan fingerprint density at radius 3 is 2.58 bits per heavy atom.